The summed E-state index contributed by atoms with van der Waals surface area (Å²) in [6, 6.07) is 13.2. The zero-order chi connectivity index (χ0) is 22.8. The third kappa shape index (κ3) is 4.67. The Hall–Kier alpha value is -3.04. The maximum Gasteiger partial charge on any atom is 0.266 e. The monoisotopic (exact) mass is 479 g/mol. The molecule has 31 heavy (non-hydrogen) atoms. The molecule has 0 atom stereocenters. The van der Waals surface area contributed by atoms with Crippen molar-refractivity contribution in [2.75, 3.05) is 23.9 Å². The second kappa shape index (κ2) is 8.99. The Balaban J connectivity index is 2.04. The number of hydrogen-bond donors (Lipinski definition) is 1. The Morgan fingerprint density at radius 1 is 1.32 bits per heavy atom. The lowest BCUT2D eigenvalue weighted by Crippen LogP contribution is -2.44. The minimum atomic E-state index is -0.469. The minimum absolute atomic E-state index is 0.00310. The number of benzene rings is 2. The van der Waals surface area contributed by atoms with Crippen LogP contribution in [0.4, 0.5) is 11.4 Å². The summed E-state index contributed by atoms with van der Waals surface area (Å²) in [4.78, 5) is 15.0. The van der Waals surface area contributed by atoms with E-state index in [-0.39, 0.29) is 11.1 Å². The highest BCUT2D eigenvalue weighted by molar-refractivity contribution is 9.10. The van der Waals surface area contributed by atoms with Crippen LogP contribution < -0.4 is 15.0 Å². The zero-order valence-electron chi connectivity index (χ0n) is 18.4. The quantitative estimate of drug-likeness (QED) is 0.420. The molecule has 6 heteroatoms. The SMILES string of the molecule is CCN1c2cc(OC)c(/C=C(\C#N)C(=O)Nc3cccc(Br)c3)cc2C(C)=CC1(C)C. The van der Waals surface area contributed by atoms with Crippen LogP contribution in [0, 0.1) is 11.3 Å². The number of ether oxygens (including phenoxy) is 1. The number of amides is 1. The van der Waals surface area contributed by atoms with Gasteiger partial charge in [-0.05, 0) is 63.6 Å². The molecule has 1 amide bonds. The molecule has 0 radical (unpaired) electrons. The minimum Gasteiger partial charge on any atom is -0.496 e. The first-order chi connectivity index (χ1) is 14.7. The maximum atomic E-state index is 12.7. The van der Waals surface area contributed by atoms with Gasteiger partial charge in [-0.2, -0.15) is 5.26 Å². The fourth-order valence-corrected chi connectivity index (χ4v) is 4.46. The molecule has 0 fully saturated rings. The summed E-state index contributed by atoms with van der Waals surface area (Å²) in [6.07, 6.45) is 3.82. The van der Waals surface area contributed by atoms with E-state index >= 15 is 0 Å². The fraction of sp³-hybridized carbons (Fsp3) is 0.280. The van der Waals surface area contributed by atoms with Gasteiger partial charge in [0.2, 0.25) is 0 Å². The van der Waals surface area contributed by atoms with Crippen molar-refractivity contribution in [2.45, 2.75) is 33.2 Å². The number of anilines is 2. The highest BCUT2D eigenvalue weighted by Gasteiger charge is 2.31. The van der Waals surface area contributed by atoms with Crippen molar-refractivity contribution < 1.29 is 9.53 Å². The molecule has 2 aromatic rings. The number of carbonyl (C=O) groups excluding carboxylic acids is 1. The van der Waals surface area contributed by atoms with Gasteiger partial charge in [-0.1, -0.05) is 28.1 Å². The molecule has 0 bridgehead atoms. The lowest BCUT2D eigenvalue weighted by atomic mass is 9.87. The molecule has 0 saturated heterocycles. The van der Waals surface area contributed by atoms with E-state index in [4.69, 9.17) is 4.74 Å². The third-order valence-electron chi connectivity index (χ3n) is 5.39. The summed E-state index contributed by atoms with van der Waals surface area (Å²) in [7, 11) is 1.60. The Bertz CT molecular complexity index is 1130. The van der Waals surface area contributed by atoms with Crippen molar-refractivity contribution in [3.05, 3.63) is 63.6 Å². The van der Waals surface area contributed by atoms with E-state index in [1.54, 1.807) is 25.3 Å². The number of nitriles is 1. The van der Waals surface area contributed by atoms with Crippen LogP contribution >= 0.6 is 15.9 Å². The molecule has 5 nitrogen and oxygen atoms in total. The normalized spacial score (nSPS) is 14.9. The number of nitrogens with zero attached hydrogens (tertiary/aromatic N) is 2. The number of allylic oxidation sites excluding steroid dienone is 1. The zero-order valence-corrected chi connectivity index (χ0v) is 20.0. The standard InChI is InChI=1S/C25H26BrN3O2/c1-6-29-22-13-23(31-5)17(11-21(22)16(2)14-25(29,3)4)10-18(15-27)24(30)28-20-9-7-8-19(26)12-20/h7-14H,6H2,1-5H3,(H,28,30)/b18-10+. The van der Waals surface area contributed by atoms with Crippen LogP contribution in [-0.4, -0.2) is 25.1 Å². The summed E-state index contributed by atoms with van der Waals surface area (Å²) in [5, 5.41) is 12.4. The molecule has 2 aromatic carbocycles. The first-order valence-corrected chi connectivity index (χ1v) is 10.9. The molecule has 0 saturated carbocycles. The average Bonchev–Trinajstić information content (AvgIpc) is 2.71. The molecule has 3 rings (SSSR count). The number of nitrogens with one attached hydrogen (secondary N) is 1. The Labute approximate surface area is 192 Å². The molecule has 160 valence electrons. The number of likely N-dealkylation sites (N-methyl/N-ethyl adjacent to an activating group) is 1. The highest BCUT2D eigenvalue weighted by atomic mass is 79.9. The van der Waals surface area contributed by atoms with Gasteiger partial charge in [-0.15, -0.1) is 0 Å². The molecule has 1 heterocycles. The molecule has 1 aliphatic rings. The van der Waals surface area contributed by atoms with Crippen molar-refractivity contribution in [1.82, 2.24) is 0 Å². The van der Waals surface area contributed by atoms with Crippen LogP contribution in [0.25, 0.3) is 11.6 Å². The number of hydrogen-bond acceptors (Lipinski definition) is 4. The van der Waals surface area contributed by atoms with Gasteiger partial charge in [0.05, 0.1) is 12.6 Å². The van der Waals surface area contributed by atoms with Gasteiger partial charge in [-0.3, -0.25) is 4.79 Å². The van der Waals surface area contributed by atoms with Crippen molar-refractivity contribution in [3.8, 4) is 11.8 Å². The van der Waals surface area contributed by atoms with E-state index in [1.807, 2.05) is 30.3 Å². The largest absolute Gasteiger partial charge is 0.496 e. The van der Waals surface area contributed by atoms with Gasteiger partial charge in [-0.25, -0.2) is 0 Å². The molecule has 0 aliphatic carbocycles. The molecule has 0 unspecified atom stereocenters. The maximum absolute atomic E-state index is 12.7. The summed E-state index contributed by atoms with van der Waals surface area (Å²) >= 11 is 3.38. The third-order valence-corrected chi connectivity index (χ3v) is 5.89. The van der Waals surface area contributed by atoms with Gasteiger partial charge in [0, 0.05) is 39.6 Å². The van der Waals surface area contributed by atoms with Crippen molar-refractivity contribution in [3.63, 3.8) is 0 Å². The van der Waals surface area contributed by atoms with E-state index in [1.165, 1.54) is 0 Å². The molecule has 0 aromatic heterocycles. The van der Waals surface area contributed by atoms with E-state index < -0.39 is 5.91 Å². The predicted molar refractivity (Wildman–Crippen MR) is 130 cm³/mol. The molecule has 1 N–H and O–H groups in total. The van der Waals surface area contributed by atoms with E-state index in [2.05, 4.69) is 59.9 Å². The van der Waals surface area contributed by atoms with E-state index in [0.717, 1.165) is 27.8 Å². The average molecular weight is 480 g/mol. The van der Waals surface area contributed by atoms with Gasteiger partial charge in [0.25, 0.3) is 5.91 Å². The van der Waals surface area contributed by atoms with Gasteiger partial charge in [0.1, 0.15) is 17.4 Å². The first-order valence-electron chi connectivity index (χ1n) is 10.1. The smallest absolute Gasteiger partial charge is 0.266 e. The van der Waals surface area contributed by atoms with Crippen LogP contribution in [0.5, 0.6) is 5.75 Å². The summed E-state index contributed by atoms with van der Waals surface area (Å²) < 4.78 is 6.47. The summed E-state index contributed by atoms with van der Waals surface area (Å²) in [5.41, 5.74) is 4.48. The Kier molecular flexibility index (Phi) is 6.56. The van der Waals surface area contributed by atoms with Crippen LogP contribution in [0.15, 0.2) is 52.5 Å². The van der Waals surface area contributed by atoms with Crippen molar-refractivity contribution in [2.24, 2.45) is 0 Å². The Morgan fingerprint density at radius 2 is 2.06 bits per heavy atom. The van der Waals surface area contributed by atoms with E-state index in [9.17, 15) is 10.1 Å². The summed E-state index contributed by atoms with van der Waals surface area (Å²) in [6.45, 7) is 9.42. The predicted octanol–water partition coefficient (Wildman–Crippen LogP) is 6.03. The molecular weight excluding hydrogens is 454 g/mol. The topological polar surface area (TPSA) is 65.4 Å². The lowest BCUT2D eigenvalue weighted by molar-refractivity contribution is -0.112. The van der Waals surface area contributed by atoms with Gasteiger partial charge >= 0.3 is 0 Å². The number of fused-ring (bicyclic) bond motifs is 1. The van der Waals surface area contributed by atoms with Crippen LogP contribution in [0.3, 0.4) is 0 Å². The Morgan fingerprint density at radius 3 is 2.68 bits per heavy atom. The van der Waals surface area contributed by atoms with Gasteiger partial charge in [0.15, 0.2) is 0 Å². The summed E-state index contributed by atoms with van der Waals surface area (Å²) in [5.74, 6) is 0.148. The molecular formula is C25H26BrN3O2. The number of carbonyl (C=O) groups is 1. The molecule has 0 spiro atoms. The van der Waals surface area contributed by atoms with Gasteiger partial charge < -0.3 is 15.0 Å². The number of methoxy groups -OCH3 is 1. The second-order valence-corrected chi connectivity index (χ2v) is 8.89. The number of rotatable bonds is 5. The molecule has 1 aliphatic heterocycles. The van der Waals surface area contributed by atoms with Crippen LogP contribution in [-0.2, 0) is 4.79 Å². The first kappa shape index (κ1) is 22.6. The second-order valence-electron chi connectivity index (χ2n) is 7.97. The van der Waals surface area contributed by atoms with E-state index in [0.29, 0.717) is 17.0 Å². The van der Waals surface area contributed by atoms with Crippen molar-refractivity contribution >= 4 is 44.9 Å². The fourth-order valence-electron chi connectivity index (χ4n) is 4.06. The highest BCUT2D eigenvalue weighted by Crippen LogP contribution is 2.42. The van der Waals surface area contributed by atoms with Crippen LogP contribution in [0.1, 0.15) is 38.8 Å². The lowest BCUT2D eigenvalue weighted by Gasteiger charge is -2.43. The van der Waals surface area contributed by atoms with Crippen LogP contribution in [0.2, 0.25) is 0 Å². The van der Waals surface area contributed by atoms with Crippen molar-refractivity contribution in [1.29, 1.82) is 5.26 Å². The number of halogens is 1.